The second kappa shape index (κ2) is 14.9. The van der Waals surface area contributed by atoms with E-state index >= 15 is 0 Å². The summed E-state index contributed by atoms with van der Waals surface area (Å²) in [7, 11) is 0. The number of nitrogens with zero attached hydrogens (tertiary/aromatic N) is 1. The molecule has 0 radical (unpaired) electrons. The molecule has 0 bridgehead atoms. The summed E-state index contributed by atoms with van der Waals surface area (Å²) in [5.41, 5.74) is 6.09. The number of aliphatic hydroxyl groups excluding tert-OH is 1. The van der Waals surface area contributed by atoms with Crippen molar-refractivity contribution in [3.8, 4) is 0 Å². The van der Waals surface area contributed by atoms with Gasteiger partial charge in [-0.2, -0.15) is 11.8 Å². The van der Waals surface area contributed by atoms with Crippen LogP contribution in [-0.4, -0.2) is 99.1 Å². The van der Waals surface area contributed by atoms with Crippen molar-refractivity contribution in [2.75, 3.05) is 25.2 Å². The van der Waals surface area contributed by atoms with E-state index in [1.54, 1.807) is 6.26 Å². The highest BCUT2D eigenvalue weighted by Crippen LogP contribution is 2.03. The molecule has 1 aromatic heterocycles. The number of amides is 4. The summed E-state index contributed by atoms with van der Waals surface area (Å²) in [4.78, 5) is 67.2. The Balaban J connectivity index is 2.89. The van der Waals surface area contributed by atoms with Crippen molar-refractivity contribution in [3.05, 3.63) is 18.2 Å². The van der Waals surface area contributed by atoms with Gasteiger partial charge in [0.25, 0.3) is 0 Å². The zero-order valence-corrected chi connectivity index (χ0v) is 19.7. The van der Waals surface area contributed by atoms with E-state index in [9.17, 15) is 29.1 Å². The molecule has 0 aliphatic carbocycles. The van der Waals surface area contributed by atoms with Gasteiger partial charge in [0.05, 0.1) is 19.0 Å². The Morgan fingerprint density at radius 3 is 2.21 bits per heavy atom. The number of nitrogens with two attached hydrogens (primary N) is 1. The monoisotopic (exact) mass is 501 g/mol. The molecule has 15 heteroatoms. The molecule has 1 rings (SSSR count). The average molecular weight is 502 g/mol. The summed E-state index contributed by atoms with van der Waals surface area (Å²) in [5.74, 6) is -3.70. The number of aromatic nitrogens is 2. The van der Waals surface area contributed by atoms with Gasteiger partial charge in [0.15, 0.2) is 0 Å². The van der Waals surface area contributed by atoms with Crippen molar-refractivity contribution in [3.63, 3.8) is 0 Å². The molecule has 190 valence electrons. The van der Waals surface area contributed by atoms with Gasteiger partial charge in [-0.3, -0.25) is 24.0 Å². The normalized spacial score (nSPS) is 14.2. The van der Waals surface area contributed by atoms with E-state index in [2.05, 4.69) is 31.2 Å². The van der Waals surface area contributed by atoms with Crippen molar-refractivity contribution in [1.82, 2.24) is 31.2 Å². The number of thioether (sulfide) groups is 1. The van der Waals surface area contributed by atoms with E-state index in [0.29, 0.717) is 11.4 Å². The molecule has 0 aromatic carbocycles. The standard InChI is InChI=1S/C19H31N7O7S/c1-10(20)16(30)25-13(5-11-6-21-9-23-11)18(32)26-14(8-27)19(33)24-12(3-4-34-2)17(31)22-7-15(28)29/h6,9-10,12-14,27H,3-5,7-8,20H2,1-2H3,(H,21,23)(H,22,31)(H,24,33)(H,25,30)(H,26,32)(H,28,29)/t10-,12-,13-,14-/m0/s1. The molecule has 0 fully saturated rings. The van der Waals surface area contributed by atoms with Crippen LogP contribution >= 0.6 is 11.8 Å². The quantitative estimate of drug-likeness (QED) is 0.119. The SMILES string of the molecule is CSCC[C@H](NC(=O)[C@H](CO)NC(=O)[C@H](Cc1cnc[nH]1)NC(=O)[C@H](C)N)C(=O)NCC(=O)O. The molecule has 4 atom stereocenters. The van der Waals surface area contributed by atoms with E-state index in [4.69, 9.17) is 10.8 Å². The fraction of sp³-hybridized carbons (Fsp3) is 0.579. The first-order valence-electron chi connectivity index (χ1n) is 10.3. The molecule has 0 aliphatic heterocycles. The van der Waals surface area contributed by atoms with Gasteiger partial charge in [-0.1, -0.05) is 0 Å². The minimum absolute atomic E-state index is 0.0119. The van der Waals surface area contributed by atoms with Crippen LogP contribution < -0.4 is 27.0 Å². The Kier molecular flexibility index (Phi) is 12.6. The molecule has 0 saturated heterocycles. The molecule has 1 heterocycles. The molecule has 1 aromatic rings. The summed E-state index contributed by atoms with van der Waals surface area (Å²) in [5, 5.41) is 27.9. The molecule has 0 saturated carbocycles. The number of carboxylic acids is 1. The number of imidazole rings is 1. The van der Waals surface area contributed by atoms with Crippen molar-refractivity contribution in [1.29, 1.82) is 0 Å². The molecule has 0 unspecified atom stereocenters. The molecule has 34 heavy (non-hydrogen) atoms. The van der Waals surface area contributed by atoms with Crippen LogP contribution in [0, 0.1) is 0 Å². The lowest BCUT2D eigenvalue weighted by Gasteiger charge is -2.24. The summed E-state index contributed by atoms with van der Waals surface area (Å²) in [6.07, 6.45) is 4.85. The number of H-pyrrole nitrogens is 1. The van der Waals surface area contributed by atoms with Crippen LogP contribution in [0.3, 0.4) is 0 Å². The Labute approximate surface area is 200 Å². The largest absolute Gasteiger partial charge is 0.480 e. The zero-order chi connectivity index (χ0) is 25.7. The first-order valence-corrected chi connectivity index (χ1v) is 11.7. The number of hydrogen-bond acceptors (Lipinski definition) is 9. The third-order valence-corrected chi connectivity index (χ3v) is 5.14. The zero-order valence-electron chi connectivity index (χ0n) is 18.9. The molecule has 4 amide bonds. The van der Waals surface area contributed by atoms with E-state index in [1.807, 2.05) is 0 Å². The van der Waals surface area contributed by atoms with Gasteiger partial charge >= 0.3 is 5.97 Å². The number of aromatic amines is 1. The molecule has 0 spiro atoms. The topological polar surface area (TPSA) is 229 Å². The highest BCUT2D eigenvalue weighted by atomic mass is 32.2. The number of rotatable bonds is 15. The van der Waals surface area contributed by atoms with E-state index in [1.165, 1.54) is 31.2 Å². The van der Waals surface area contributed by atoms with E-state index < -0.39 is 66.9 Å². The maximum absolute atomic E-state index is 12.8. The van der Waals surface area contributed by atoms with Gasteiger partial charge in [-0.15, -0.1) is 0 Å². The van der Waals surface area contributed by atoms with Gasteiger partial charge in [0, 0.05) is 18.3 Å². The van der Waals surface area contributed by atoms with E-state index in [-0.39, 0.29) is 12.8 Å². The second-order valence-corrected chi connectivity index (χ2v) is 8.31. The Hall–Kier alpha value is -3.17. The maximum atomic E-state index is 12.8. The number of carbonyl (C=O) groups excluding carboxylic acids is 4. The fourth-order valence-electron chi connectivity index (χ4n) is 2.66. The summed E-state index contributed by atoms with van der Waals surface area (Å²) in [6, 6.07) is -4.54. The number of hydrogen-bond donors (Lipinski definition) is 8. The minimum Gasteiger partial charge on any atom is -0.480 e. The smallest absolute Gasteiger partial charge is 0.322 e. The summed E-state index contributed by atoms with van der Waals surface area (Å²) < 4.78 is 0. The van der Waals surface area contributed by atoms with Crippen molar-refractivity contribution < 1.29 is 34.2 Å². The van der Waals surface area contributed by atoms with Crippen molar-refractivity contribution in [2.45, 2.75) is 43.9 Å². The Morgan fingerprint density at radius 1 is 1.06 bits per heavy atom. The molecular weight excluding hydrogens is 470 g/mol. The highest BCUT2D eigenvalue weighted by Gasteiger charge is 2.30. The van der Waals surface area contributed by atoms with Crippen LogP contribution in [0.25, 0.3) is 0 Å². The lowest BCUT2D eigenvalue weighted by Crippen LogP contribution is -2.59. The van der Waals surface area contributed by atoms with Crippen molar-refractivity contribution >= 4 is 41.4 Å². The minimum atomic E-state index is -1.44. The van der Waals surface area contributed by atoms with Crippen LogP contribution in [0.15, 0.2) is 12.5 Å². The average Bonchev–Trinajstić information content (AvgIpc) is 3.30. The Morgan fingerprint density at radius 2 is 1.68 bits per heavy atom. The number of nitrogens with one attached hydrogen (secondary N) is 5. The predicted molar refractivity (Wildman–Crippen MR) is 122 cm³/mol. The van der Waals surface area contributed by atoms with Crippen molar-refractivity contribution in [2.24, 2.45) is 5.73 Å². The third kappa shape index (κ3) is 10.2. The number of carbonyl (C=O) groups is 5. The molecule has 14 nitrogen and oxygen atoms in total. The van der Waals surface area contributed by atoms with Gasteiger partial charge in [-0.05, 0) is 25.4 Å². The fourth-order valence-corrected chi connectivity index (χ4v) is 3.13. The molecule has 9 N–H and O–H groups in total. The first kappa shape index (κ1) is 28.9. The van der Waals surface area contributed by atoms with Gasteiger partial charge in [-0.25, -0.2) is 4.98 Å². The lowest BCUT2D eigenvalue weighted by molar-refractivity contribution is -0.138. The third-order valence-electron chi connectivity index (χ3n) is 4.50. The summed E-state index contributed by atoms with van der Waals surface area (Å²) in [6.45, 7) is 0.0232. The summed E-state index contributed by atoms with van der Waals surface area (Å²) >= 11 is 1.41. The van der Waals surface area contributed by atoms with Crippen LogP contribution in [0.1, 0.15) is 19.0 Å². The number of aliphatic hydroxyl groups is 1. The second-order valence-electron chi connectivity index (χ2n) is 7.33. The van der Waals surface area contributed by atoms with E-state index in [0.717, 1.165) is 0 Å². The van der Waals surface area contributed by atoms with Crippen LogP contribution in [0.2, 0.25) is 0 Å². The van der Waals surface area contributed by atoms with Gasteiger partial charge in [0.1, 0.15) is 24.7 Å². The predicted octanol–water partition coefficient (Wildman–Crippen LogP) is -3.30. The highest BCUT2D eigenvalue weighted by molar-refractivity contribution is 7.98. The first-order chi connectivity index (χ1) is 16.1. The van der Waals surface area contributed by atoms with Gasteiger partial charge < -0.3 is 42.2 Å². The lowest BCUT2D eigenvalue weighted by atomic mass is 10.1. The molecule has 0 aliphatic rings. The van der Waals surface area contributed by atoms with Gasteiger partial charge in [0.2, 0.25) is 23.6 Å². The number of aliphatic carboxylic acids is 1. The molecular formula is C19H31N7O7S. The van der Waals surface area contributed by atoms with Crippen LogP contribution in [0.5, 0.6) is 0 Å². The Bertz CT molecular complexity index is 835. The van der Waals surface area contributed by atoms with Crippen LogP contribution in [-0.2, 0) is 30.4 Å². The number of carboxylic acid groups (broad SMARTS) is 1. The maximum Gasteiger partial charge on any atom is 0.322 e. The van der Waals surface area contributed by atoms with Crippen LogP contribution in [0.4, 0.5) is 0 Å².